The Morgan fingerprint density at radius 2 is 1.62 bits per heavy atom. The van der Waals surface area contributed by atoms with Crippen LogP contribution < -0.4 is 19.1 Å². The summed E-state index contributed by atoms with van der Waals surface area (Å²) in [7, 11) is 0. The van der Waals surface area contributed by atoms with Crippen LogP contribution in [0.5, 0.6) is 23.3 Å². The summed E-state index contributed by atoms with van der Waals surface area (Å²) in [6.07, 6.45) is -2.56. The number of ether oxygens (including phenoxy) is 3. The Morgan fingerprint density at radius 3 is 2.27 bits per heavy atom. The number of imidazole rings is 1. The first kappa shape index (κ1) is 30.3. The van der Waals surface area contributed by atoms with E-state index in [0.29, 0.717) is 31.1 Å². The zero-order valence-electron chi connectivity index (χ0n) is 24.5. The fourth-order valence-electron chi connectivity index (χ4n) is 5.59. The van der Waals surface area contributed by atoms with Crippen molar-refractivity contribution in [3.05, 3.63) is 100 Å². The lowest BCUT2D eigenvalue weighted by Crippen LogP contribution is -2.51. The van der Waals surface area contributed by atoms with Crippen LogP contribution in [0, 0.1) is 10.1 Å². The van der Waals surface area contributed by atoms with E-state index in [1.165, 1.54) is 18.3 Å². The summed E-state index contributed by atoms with van der Waals surface area (Å²) in [5, 5.41) is 11.0. The van der Waals surface area contributed by atoms with Crippen molar-refractivity contribution in [2.45, 2.75) is 44.8 Å². The van der Waals surface area contributed by atoms with Gasteiger partial charge in [0.05, 0.1) is 5.56 Å². The van der Waals surface area contributed by atoms with Gasteiger partial charge in [0.1, 0.15) is 36.2 Å². The first-order valence-corrected chi connectivity index (χ1v) is 14.6. The van der Waals surface area contributed by atoms with Crippen molar-refractivity contribution in [3.63, 3.8) is 0 Å². The zero-order valence-corrected chi connectivity index (χ0v) is 24.5. The molecule has 0 spiro atoms. The number of anilines is 1. The standard InChI is InChI=1S/C32H32F3N5O5/c1-22-18-37(19-23-2-8-27(9-3-23)44-28-10-4-24(5-11-28)32(33,34)35)16-17-39(22)25-6-12-26(13-7-25)43-21-29-14-15-38-20-30(40(41)42)36-31(38)45-29/h2-13,20,22,29H,14-19,21H2,1H3. The van der Waals surface area contributed by atoms with Crippen LogP contribution in [0.15, 0.2) is 79.0 Å². The number of nitrogens with zero attached hydrogens (tertiary/aromatic N) is 5. The summed E-state index contributed by atoms with van der Waals surface area (Å²) in [5.41, 5.74) is 1.53. The highest BCUT2D eigenvalue weighted by molar-refractivity contribution is 5.50. The lowest BCUT2D eigenvalue weighted by molar-refractivity contribution is -0.389. The van der Waals surface area contributed by atoms with E-state index in [4.69, 9.17) is 14.2 Å². The zero-order chi connectivity index (χ0) is 31.6. The molecular weight excluding hydrogens is 591 g/mol. The molecule has 3 heterocycles. The smallest absolute Gasteiger partial charge is 0.416 e. The Kier molecular flexibility index (Phi) is 8.52. The maximum absolute atomic E-state index is 12.8. The van der Waals surface area contributed by atoms with E-state index < -0.39 is 16.7 Å². The molecule has 0 saturated carbocycles. The number of piperazine rings is 1. The molecule has 2 aliphatic heterocycles. The lowest BCUT2D eigenvalue weighted by Gasteiger charge is -2.41. The molecule has 4 aromatic rings. The molecule has 0 amide bonds. The average Bonchev–Trinajstić information content (AvgIpc) is 3.46. The number of halogens is 3. The molecule has 0 radical (unpaired) electrons. The van der Waals surface area contributed by atoms with Crippen molar-refractivity contribution >= 4 is 11.5 Å². The van der Waals surface area contributed by atoms with Gasteiger partial charge in [0.25, 0.3) is 0 Å². The largest absolute Gasteiger partial charge is 0.490 e. The predicted molar refractivity (Wildman–Crippen MR) is 160 cm³/mol. The van der Waals surface area contributed by atoms with Crippen molar-refractivity contribution < 1.29 is 32.3 Å². The maximum Gasteiger partial charge on any atom is 0.416 e. The molecule has 45 heavy (non-hydrogen) atoms. The van der Waals surface area contributed by atoms with Gasteiger partial charge in [-0.3, -0.25) is 9.47 Å². The first-order valence-electron chi connectivity index (χ1n) is 14.6. The van der Waals surface area contributed by atoms with E-state index in [2.05, 4.69) is 33.8 Å². The van der Waals surface area contributed by atoms with E-state index in [9.17, 15) is 23.3 Å². The van der Waals surface area contributed by atoms with Crippen molar-refractivity contribution in [1.82, 2.24) is 14.5 Å². The van der Waals surface area contributed by atoms with E-state index in [1.807, 2.05) is 36.4 Å². The van der Waals surface area contributed by atoms with Crippen LogP contribution in [0.3, 0.4) is 0 Å². The highest BCUT2D eigenvalue weighted by Gasteiger charge is 2.30. The molecule has 236 valence electrons. The minimum Gasteiger partial charge on any atom is -0.490 e. The van der Waals surface area contributed by atoms with Crippen molar-refractivity contribution in [1.29, 1.82) is 0 Å². The number of hydrogen-bond acceptors (Lipinski definition) is 8. The SMILES string of the molecule is CC1CN(Cc2ccc(Oc3ccc(C(F)(F)F)cc3)cc2)CCN1c1ccc(OCC2CCn3cc([N+](=O)[O-])nc3O2)cc1. The fourth-order valence-corrected chi connectivity index (χ4v) is 5.59. The summed E-state index contributed by atoms with van der Waals surface area (Å²) in [6, 6.07) is 20.8. The molecule has 1 aromatic heterocycles. The van der Waals surface area contributed by atoms with Gasteiger partial charge < -0.3 is 29.2 Å². The first-order chi connectivity index (χ1) is 21.6. The molecule has 1 saturated heterocycles. The summed E-state index contributed by atoms with van der Waals surface area (Å²) in [4.78, 5) is 19.1. The summed E-state index contributed by atoms with van der Waals surface area (Å²) < 4.78 is 57.5. The van der Waals surface area contributed by atoms with Crippen molar-refractivity contribution in [2.75, 3.05) is 31.1 Å². The van der Waals surface area contributed by atoms with Crippen molar-refractivity contribution in [3.8, 4) is 23.3 Å². The number of alkyl halides is 3. The number of benzene rings is 3. The molecule has 2 unspecified atom stereocenters. The summed E-state index contributed by atoms with van der Waals surface area (Å²) in [5.74, 6) is 1.41. The van der Waals surface area contributed by atoms with E-state index in [-0.39, 0.29) is 24.0 Å². The van der Waals surface area contributed by atoms with Gasteiger partial charge in [-0.2, -0.15) is 13.2 Å². The monoisotopic (exact) mass is 623 g/mol. The molecule has 1 fully saturated rings. The third-order valence-electron chi connectivity index (χ3n) is 7.94. The molecule has 2 atom stereocenters. The molecule has 0 bridgehead atoms. The predicted octanol–water partition coefficient (Wildman–Crippen LogP) is 6.54. The lowest BCUT2D eigenvalue weighted by atomic mass is 10.1. The molecule has 3 aromatic carbocycles. The molecule has 0 aliphatic carbocycles. The Bertz CT molecular complexity index is 1610. The molecule has 10 nitrogen and oxygen atoms in total. The van der Waals surface area contributed by atoms with E-state index in [0.717, 1.165) is 55.3 Å². The van der Waals surface area contributed by atoms with Gasteiger partial charge in [0.2, 0.25) is 0 Å². The molecule has 13 heteroatoms. The number of aryl methyl sites for hydroxylation is 1. The Balaban J connectivity index is 0.958. The van der Waals surface area contributed by atoms with Gasteiger partial charge in [-0.1, -0.05) is 12.1 Å². The number of hydrogen-bond donors (Lipinski definition) is 0. The molecule has 0 N–H and O–H groups in total. The van der Waals surface area contributed by atoms with Gasteiger partial charge in [-0.15, -0.1) is 0 Å². The second-order valence-electron chi connectivity index (χ2n) is 11.2. The van der Waals surface area contributed by atoms with Crippen LogP contribution in [0.25, 0.3) is 0 Å². The van der Waals surface area contributed by atoms with Crippen LogP contribution in [0.4, 0.5) is 24.7 Å². The van der Waals surface area contributed by atoms with Crippen LogP contribution >= 0.6 is 0 Å². The summed E-state index contributed by atoms with van der Waals surface area (Å²) in [6.45, 7) is 6.52. The number of nitro groups is 1. The fraction of sp³-hybridized carbons (Fsp3) is 0.344. The highest BCUT2D eigenvalue weighted by Crippen LogP contribution is 2.32. The third kappa shape index (κ3) is 7.31. The second kappa shape index (κ2) is 12.7. The number of fused-ring (bicyclic) bond motifs is 1. The van der Waals surface area contributed by atoms with Gasteiger partial charge >= 0.3 is 18.0 Å². The van der Waals surface area contributed by atoms with Crippen molar-refractivity contribution in [2.24, 2.45) is 0 Å². The normalized spacial score (nSPS) is 18.6. The minimum absolute atomic E-state index is 0.224. The van der Waals surface area contributed by atoms with Gasteiger partial charge in [-0.05, 0) is 78.1 Å². The third-order valence-corrected chi connectivity index (χ3v) is 7.94. The molecular formula is C32H32F3N5O5. The quantitative estimate of drug-likeness (QED) is 0.153. The summed E-state index contributed by atoms with van der Waals surface area (Å²) >= 11 is 0. The van der Waals surface area contributed by atoms with E-state index in [1.54, 1.807) is 4.57 Å². The second-order valence-corrected chi connectivity index (χ2v) is 11.2. The van der Waals surface area contributed by atoms with E-state index >= 15 is 0 Å². The van der Waals surface area contributed by atoms with Gasteiger partial charge in [0.15, 0.2) is 0 Å². The maximum atomic E-state index is 12.8. The van der Waals surface area contributed by atoms with Gasteiger partial charge in [-0.25, -0.2) is 0 Å². The Labute approximate surface area is 257 Å². The minimum atomic E-state index is -4.38. The Hall–Kier alpha value is -4.78. The average molecular weight is 624 g/mol. The Morgan fingerprint density at radius 1 is 0.956 bits per heavy atom. The van der Waals surface area contributed by atoms with Crippen LogP contribution in [0.2, 0.25) is 0 Å². The topological polar surface area (TPSA) is 95.1 Å². The van der Waals surface area contributed by atoms with Crippen LogP contribution in [-0.4, -0.2) is 57.8 Å². The molecule has 2 aliphatic rings. The molecule has 6 rings (SSSR count). The van der Waals surface area contributed by atoms with Crippen LogP contribution in [-0.2, 0) is 19.3 Å². The van der Waals surface area contributed by atoms with Gasteiger partial charge in [0, 0.05) is 55.9 Å². The highest BCUT2D eigenvalue weighted by atomic mass is 19.4. The van der Waals surface area contributed by atoms with Crippen LogP contribution in [0.1, 0.15) is 24.5 Å². The number of rotatable bonds is 9. The number of aromatic nitrogens is 2.